The minimum absolute atomic E-state index is 0.0870. The lowest BCUT2D eigenvalue weighted by atomic mass is 10.2. The predicted octanol–water partition coefficient (Wildman–Crippen LogP) is 2.72. The molecule has 0 atom stereocenters. The summed E-state index contributed by atoms with van der Waals surface area (Å²) in [6.07, 6.45) is 0.912. The third-order valence-electron chi connectivity index (χ3n) is 3.28. The molecule has 26 heavy (non-hydrogen) atoms. The molecule has 2 aromatic rings. The number of esters is 1. The second kappa shape index (κ2) is 9.57. The zero-order valence-electron chi connectivity index (χ0n) is 14.3. The van der Waals surface area contributed by atoms with Gasteiger partial charge in [0.2, 0.25) is 11.9 Å². The SMILES string of the molecule is CCOC(=O)c1ccc(NC(=O)CCCNc2cc(Cl)nc(N)n2)cc1. The van der Waals surface area contributed by atoms with Crippen LogP contribution in [0.3, 0.4) is 0 Å². The number of nitrogens with one attached hydrogen (secondary N) is 2. The lowest BCUT2D eigenvalue weighted by Crippen LogP contribution is -2.14. The first-order valence-corrected chi connectivity index (χ1v) is 8.46. The van der Waals surface area contributed by atoms with Gasteiger partial charge < -0.3 is 21.1 Å². The van der Waals surface area contributed by atoms with Crippen LogP contribution in [0.15, 0.2) is 30.3 Å². The van der Waals surface area contributed by atoms with Crippen molar-refractivity contribution in [2.75, 3.05) is 29.5 Å². The molecule has 8 nitrogen and oxygen atoms in total. The highest BCUT2D eigenvalue weighted by atomic mass is 35.5. The van der Waals surface area contributed by atoms with Gasteiger partial charge in [0.15, 0.2) is 0 Å². The lowest BCUT2D eigenvalue weighted by Gasteiger charge is -2.08. The maximum Gasteiger partial charge on any atom is 0.338 e. The largest absolute Gasteiger partial charge is 0.462 e. The summed E-state index contributed by atoms with van der Waals surface area (Å²) >= 11 is 5.79. The summed E-state index contributed by atoms with van der Waals surface area (Å²) in [4.78, 5) is 31.3. The molecule has 2 rings (SSSR count). The summed E-state index contributed by atoms with van der Waals surface area (Å²) in [6.45, 7) is 2.59. The molecule has 0 radical (unpaired) electrons. The summed E-state index contributed by atoms with van der Waals surface area (Å²) in [5, 5.41) is 6.06. The summed E-state index contributed by atoms with van der Waals surface area (Å²) in [7, 11) is 0. The van der Waals surface area contributed by atoms with E-state index in [1.54, 1.807) is 37.3 Å². The molecule has 0 unspecified atom stereocenters. The second-order valence-electron chi connectivity index (χ2n) is 5.31. The number of nitrogen functional groups attached to an aromatic ring is 1. The summed E-state index contributed by atoms with van der Waals surface area (Å²) < 4.78 is 4.91. The van der Waals surface area contributed by atoms with Crippen molar-refractivity contribution in [2.45, 2.75) is 19.8 Å². The van der Waals surface area contributed by atoms with Gasteiger partial charge in [-0.2, -0.15) is 4.98 Å². The average molecular weight is 378 g/mol. The first-order valence-electron chi connectivity index (χ1n) is 8.09. The van der Waals surface area contributed by atoms with Crippen molar-refractivity contribution in [1.29, 1.82) is 0 Å². The molecule has 9 heteroatoms. The molecule has 0 bridgehead atoms. The summed E-state index contributed by atoms with van der Waals surface area (Å²) in [6, 6.07) is 8.10. The summed E-state index contributed by atoms with van der Waals surface area (Å²) in [5.74, 6) is 0.0827. The predicted molar refractivity (Wildman–Crippen MR) is 100 cm³/mol. The van der Waals surface area contributed by atoms with E-state index in [0.29, 0.717) is 43.1 Å². The minimum atomic E-state index is -0.387. The highest BCUT2D eigenvalue weighted by Gasteiger charge is 2.07. The van der Waals surface area contributed by atoms with Crippen molar-refractivity contribution in [1.82, 2.24) is 9.97 Å². The van der Waals surface area contributed by atoms with E-state index in [9.17, 15) is 9.59 Å². The van der Waals surface area contributed by atoms with E-state index < -0.39 is 0 Å². The molecule has 0 saturated carbocycles. The van der Waals surface area contributed by atoms with Gasteiger partial charge in [0.25, 0.3) is 0 Å². The molecular weight excluding hydrogens is 358 g/mol. The number of carbonyl (C=O) groups excluding carboxylic acids is 2. The van der Waals surface area contributed by atoms with Crippen molar-refractivity contribution in [3.8, 4) is 0 Å². The van der Waals surface area contributed by atoms with Crippen LogP contribution in [-0.4, -0.2) is 35.0 Å². The Balaban J connectivity index is 1.74. The number of hydrogen-bond acceptors (Lipinski definition) is 7. The first-order chi connectivity index (χ1) is 12.5. The summed E-state index contributed by atoms with van der Waals surface area (Å²) in [5.41, 5.74) is 6.56. The highest BCUT2D eigenvalue weighted by molar-refractivity contribution is 6.29. The number of anilines is 3. The fraction of sp³-hybridized carbons (Fsp3) is 0.294. The molecule has 1 heterocycles. The van der Waals surface area contributed by atoms with Crippen LogP contribution in [0.25, 0.3) is 0 Å². The molecule has 1 aromatic heterocycles. The zero-order chi connectivity index (χ0) is 18.9. The van der Waals surface area contributed by atoms with Gasteiger partial charge in [0.1, 0.15) is 11.0 Å². The van der Waals surface area contributed by atoms with Crippen molar-refractivity contribution >= 4 is 40.9 Å². The Morgan fingerprint density at radius 3 is 2.62 bits per heavy atom. The van der Waals surface area contributed by atoms with E-state index in [2.05, 4.69) is 20.6 Å². The quantitative estimate of drug-likeness (QED) is 0.367. The number of ether oxygens (including phenoxy) is 1. The third-order valence-corrected chi connectivity index (χ3v) is 3.47. The Morgan fingerprint density at radius 1 is 1.23 bits per heavy atom. The van der Waals surface area contributed by atoms with Crippen LogP contribution in [-0.2, 0) is 9.53 Å². The van der Waals surface area contributed by atoms with Crippen molar-refractivity contribution < 1.29 is 14.3 Å². The van der Waals surface area contributed by atoms with E-state index in [-0.39, 0.29) is 23.0 Å². The minimum Gasteiger partial charge on any atom is -0.462 e. The van der Waals surface area contributed by atoms with Crippen LogP contribution >= 0.6 is 11.6 Å². The van der Waals surface area contributed by atoms with Crippen LogP contribution in [0, 0.1) is 0 Å². The van der Waals surface area contributed by atoms with E-state index in [0.717, 1.165) is 0 Å². The Kier molecular flexibility index (Phi) is 7.16. The number of benzene rings is 1. The number of nitrogens with zero attached hydrogens (tertiary/aromatic N) is 2. The lowest BCUT2D eigenvalue weighted by molar-refractivity contribution is -0.116. The topological polar surface area (TPSA) is 119 Å². The smallest absolute Gasteiger partial charge is 0.338 e. The van der Waals surface area contributed by atoms with Gasteiger partial charge in [-0.1, -0.05) is 11.6 Å². The van der Waals surface area contributed by atoms with Gasteiger partial charge in [-0.15, -0.1) is 0 Å². The molecule has 4 N–H and O–H groups in total. The standard InChI is InChI=1S/C17H20ClN5O3/c1-2-26-16(25)11-5-7-12(8-6-11)21-15(24)4-3-9-20-14-10-13(18)22-17(19)23-14/h5-8,10H,2-4,9H2,1H3,(H,21,24)(H3,19,20,22,23). The van der Waals surface area contributed by atoms with Crippen LogP contribution in [0.4, 0.5) is 17.5 Å². The average Bonchev–Trinajstić information content (AvgIpc) is 2.59. The van der Waals surface area contributed by atoms with Gasteiger partial charge in [0, 0.05) is 24.7 Å². The number of carbonyl (C=O) groups is 2. The second-order valence-corrected chi connectivity index (χ2v) is 5.70. The van der Waals surface area contributed by atoms with Crippen LogP contribution < -0.4 is 16.4 Å². The molecule has 0 fully saturated rings. The van der Waals surface area contributed by atoms with Crippen LogP contribution in [0.5, 0.6) is 0 Å². The van der Waals surface area contributed by atoms with E-state index in [1.807, 2.05) is 0 Å². The van der Waals surface area contributed by atoms with E-state index in [1.165, 1.54) is 0 Å². The Labute approximate surface area is 156 Å². The molecule has 138 valence electrons. The number of amides is 1. The fourth-order valence-electron chi connectivity index (χ4n) is 2.12. The Bertz CT molecular complexity index is 747. The molecule has 0 saturated heterocycles. The van der Waals surface area contributed by atoms with Gasteiger partial charge in [-0.05, 0) is 37.6 Å². The monoisotopic (exact) mass is 377 g/mol. The van der Waals surface area contributed by atoms with Gasteiger partial charge >= 0.3 is 5.97 Å². The molecule has 1 amide bonds. The maximum atomic E-state index is 12.0. The van der Waals surface area contributed by atoms with Gasteiger partial charge in [0.05, 0.1) is 12.2 Å². The number of rotatable bonds is 8. The Morgan fingerprint density at radius 2 is 1.96 bits per heavy atom. The molecule has 0 aliphatic rings. The highest BCUT2D eigenvalue weighted by Crippen LogP contribution is 2.13. The van der Waals surface area contributed by atoms with E-state index in [4.69, 9.17) is 22.1 Å². The normalized spacial score (nSPS) is 10.2. The Hall–Kier alpha value is -2.87. The molecular formula is C17H20ClN5O3. The van der Waals surface area contributed by atoms with Crippen molar-refractivity contribution in [2.24, 2.45) is 0 Å². The number of halogens is 1. The van der Waals surface area contributed by atoms with Crippen LogP contribution in [0.1, 0.15) is 30.1 Å². The fourth-order valence-corrected chi connectivity index (χ4v) is 2.31. The van der Waals surface area contributed by atoms with Gasteiger partial charge in [-0.25, -0.2) is 9.78 Å². The maximum absolute atomic E-state index is 12.0. The molecule has 0 spiro atoms. The third kappa shape index (κ3) is 6.21. The molecule has 0 aliphatic carbocycles. The number of aromatic nitrogens is 2. The number of hydrogen-bond donors (Lipinski definition) is 3. The van der Waals surface area contributed by atoms with Crippen LogP contribution in [0.2, 0.25) is 5.15 Å². The van der Waals surface area contributed by atoms with Crippen molar-refractivity contribution in [3.05, 3.63) is 41.0 Å². The number of nitrogens with two attached hydrogens (primary N) is 1. The molecule has 0 aliphatic heterocycles. The first kappa shape index (κ1) is 19.5. The zero-order valence-corrected chi connectivity index (χ0v) is 15.0. The van der Waals surface area contributed by atoms with Crippen molar-refractivity contribution in [3.63, 3.8) is 0 Å². The van der Waals surface area contributed by atoms with Gasteiger partial charge in [-0.3, -0.25) is 4.79 Å². The van der Waals surface area contributed by atoms with E-state index >= 15 is 0 Å². The molecule has 1 aromatic carbocycles.